The molecule has 0 radical (unpaired) electrons. The molecule has 2 aromatic carbocycles. The minimum absolute atomic E-state index is 0.0821. The molecule has 0 unspecified atom stereocenters. The number of pyridine rings is 1. The Hall–Kier alpha value is -3.56. The lowest BCUT2D eigenvalue weighted by Crippen LogP contribution is -2.47. The maximum atomic E-state index is 13.2. The fraction of sp³-hybridized carbons (Fsp3) is 0.382. The normalized spacial score (nSPS) is 19.2. The van der Waals surface area contributed by atoms with Crippen molar-refractivity contribution in [2.45, 2.75) is 55.9 Å². The van der Waals surface area contributed by atoms with Gasteiger partial charge in [0, 0.05) is 60.0 Å². The highest BCUT2D eigenvalue weighted by Crippen LogP contribution is 2.39. The quantitative estimate of drug-likeness (QED) is 0.150. The van der Waals surface area contributed by atoms with Crippen molar-refractivity contribution < 1.29 is 4.79 Å². The number of piperidine rings is 1. The van der Waals surface area contributed by atoms with Crippen LogP contribution in [-0.4, -0.2) is 41.5 Å². The van der Waals surface area contributed by atoms with Gasteiger partial charge in [-0.1, -0.05) is 23.8 Å². The molecule has 7 nitrogen and oxygen atoms in total. The molecule has 3 heterocycles. The number of hydrogen-bond acceptors (Lipinski definition) is 5. The van der Waals surface area contributed by atoms with Gasteiger partial charge >= 0.3 is 0 Å². The van der Waals surface area contributed by atoms with E-state index in [2.05, 4.69) is 45.1 Å². The zero-order valence-electron chi connectivity index (χ0n) is 24.6. The van der Waals surface area contributed by atoms with Crippen molar-refractivity contribution >= 4 is 52.1 Å². The summed E-state index contributed by atoms with van der Waals surface area (Å²) < 4.78 is 1.95. The summed E-state index contributed by atoms with van der Waals surface area (Å²) in [6, 6.07) is 19.6. The lowest BCUT2D eigenvalue weighted by atomic mass is 9.83. The number of fused-ring (bicyclic) bond motifs is 4. The van der Waals surface area contributed by atoms with Gasteiger partial charge in [0.15, 0.2) is 5.11 Å². The average Bonchev–Trinajstić information content (AvgIpc) is 3.02. The van der Waals surface area contributed by atoms with Crippen LogP contribution >= 0.6 is 24.0 Å². The van der Waals surface area contributed by atoms with Crippen LogP contribution in [-0.2, 0) is 6.54 Å². The van der Waals surface area contributed by atoms with E-state index in [0.29, 0.717) is 23.1 Å². The monoisotopic (exact) mass is 613 g/mol. The van der Waals surface area contributed by atoms with Crippen LogP contribution in [0, 0.1) is 5.92 Å². The van der Waals surface area contributed by atoms with Crippen molar-refractivity contribution in [1.82, 2.24) is 9.88 Å². The van der Waals surface area contributed by atoms with Gasteiger partial charge in [-0.3, -0.25) is 9.59 Å². The molecule has 6 rings (SSSR count). The zero-order valence-corrected chi connectivity index (χ0v) is 26.2. The minimum Gasteiger partial charge on any atom is -0.369 e. The first-order chi connectivity index (χ1) is 21.0. The highest BCUT2D eigenvalue weighted by molar-refractivity contribution is 7.98. The Kier molecular flexibility index (Phi) is 9.19. The number of nitrogens with zero attached hydrogens (tertiary/aromatic N) is 2. The van der Waals surface area contributed by atoms with Gasteiger partial charge in [-0.05, 0) is 105 Å². The first-order valence-corrected chi connectivity index (χ1v) is 16.9. The van der Waals surface area contributed by atoms with E-state index in [4.69, 9.17) is 12.2 Å². The number of carbonyl (C=O) groups excluding carboxylic acids is 1. The summed E-state index contributed by atoms with van der Waals surface area (Å²) in [7, 11) is 0. The maximum Gasteiger partial charge on any atom is 0.251 e. The second kappa shape index (κ2) is 13.4. The van der Waals surface area contributed by atoms with Gasteiger partial charge in [-0.2, -0.15) is 0 Å². The Morgan fingerprint density at radius 2 is 1.91 bits per heavy atom. The van der Waals surface area contributed by atoms with Crippen molar-refractivity contribution in [3.63, 3.8) is 0 Å². The Labute approximate surface area is 263 Å². The van der Waals surface area contributed by atoms with Gasteiger partial charge in [0.2, 0.25) is 0 Å². The largest absolute Gasteiger partial charge is 0.369 e. The van der Waals surface area contributed by atoms with E-state index >= 15 is 0 Å². The molecule has 9 heteroatoms. The number of hydrogen-bond donors (Lipinski definition) is 3. The van der Waals surface area contributed by atoms with E-state index in [9.17, 15) is 9.59 Å². The van der Waals surface area contributed by atoms with Crippen molar-refractivity contribution in [2.24, 2.45) is 5.92 Å². The number of benzene rings is 2. The van der Waals surface area contributed by atoms with Gasteiger partial charge in [0.25, 0.3) is 11.5 Å². The SMILES string of the molecule is CSc1cccc(NC(=S)Nc2cc(C(=O)NCCC3=CCCCC3)ccc2N2C[C@H]3C[C@@H](C2)c2cccc(=O)n2C3)c1. The summed E-state index contributed by atoms with van der Waals surface area (Å²) >= 11 is 7.44. The van der Waals surface area contributed by atoms with Crippen molar-refractivity contribution in [1.29, 1.82) is 0 Å². The summed E-state index contributed by atoms with van der Waals surface area (Å²) in [5.41, 5.74) is 5.96. The predicted molar refractivity (Wildman–Crippen MR) is 182 cm³/mol. The topological polar surface area (TPSA) is 78.4 Å². The van der Waals surface area contributed by atoms with E-state index in [1.165, 1.54) is 18.4 Å². The second-order valence-electron chi connectivity index (χ2n) is 11.8. The fourth-order valence-electron chi connectivity index (χ4n) is 6.70. The van der Waals surface area contributed by atoms with Gasteiger partial charge in [0.1, 0.15) is 0 Å². The summed E-state index contributed by atoms with van der Waals surface area (Å²) in [5, 5.41) is 10.3. The zero-order chi connectivity index (χ0) is 29.8. The Balaban J connectivity index is 1.23. The van der Waals surface area contributed by atoms with E-state index < -0.39 is 0 Å². The number of thioether (sulfide) groups is 1. The number of allylic oxidation sites excluding steroid dienone is 1. The molecule has 0 saturated carbocycles. The third-order valence-electron chi connectivity index (χ3n) is 8.77. The molecule has 1 aliphatic carbocycles. The number of thiocarbonyl (C=S) groups is 1. The summed E-state index contributed by atoms with van der Waals surface area (Å²) in [5.74, 6) is 0.558. The predicted octanol–water partition coefficient (Wildman–Crippen LogP) is 6.62. The molecule has 0 spiro atoms. The standard InChI is InChI=1S/C34H39N5O2S2/c1-43-28-10-5-9-27(19-28)36-34(42)37-29-18-25(33(41)35-16-15-23-7-3-2-4-8-23)13-14-31(29)38-20-24-17-26(22-38)30-11-6-12-32(40)39(30)21-24/h5-7,9-14,18-19,24,26H,2-4,8,15-17,20-22H2,1H3,(H,35,41)(H2,36,37,42)/t24-,26+/m1/s1. The molecule has 3 aromatic rings. The van der Waals surface area contributed by atoms with Crippen molar-refractivity contribution in [2.75, 3.05) is 41.4 Å². The van der Waals surface area contributed by atoms with Crippen molar-refractivity contribution in [3.8, 4) is 0 Å². The second-order valence-corrected chi connectivity index (χ2v) is 13.0. The summed E-state index contributed by atoms with van der Waals surface area (Å²) in [6.07, 6.45) is 11.2. The van der Waals surface area contributed by atoms with E-state index in [0.717, 1.165) is 73.0 Å². The minimum atomic E-state index is -0.0821. The Bertz CT molecular complexity index is 1600. The molecule has 1 aromatic heterocycles. The third kappa shape index (κ3) is 6.99. The van der Waals surface area contributed by atoms with E-state index in [-0.39, 0.29) is 17.4 Å². The molecule has 224 valence electrons. The number of rotatable bonds is 8. The number of aromatic nitrogens is 1. The lowest BCUT2D eigenvalue weighted by Gasteiger charge is -2.44. The highest BCUT2D eigenvalue weighted by atomic mass is 32.2. The van der Waals surface area contributed by atoms with Crippen LogP contribution in [0.3, 0.4) is 0 Å². The average molecular weight is 614 g/mol. The van der Waals surface area contributed by atoms with E-state index in [1.54, 1.807) is 17.8 Å². The molecular formula is C34H39N5O2S2. The smallest absolute Gasteiger partial charge is 0.251 e. The first kappa shape index (κ1) is 29.5. The van der Waals surface area contributed by atoms with Crippen LogP contribution in [0.4, 0.5) is 17.1 Å². The number of anilines is 3. The maximum absolute atomic E-state index is 13.2. The molecule has 1 saturated heterocycles. The lowest BCUT2D eigenvalue weighted by molar-refractivity contribution is 0.0954. The van der Waals surface area contributed by atoms with Crippen LogP contribution in [0.1, 0.15) is 60.5 Å². The van der Waals surface area contributed by atoms with Crippen LogP contribution in [0.25, 0.3) is 0 Å². The van der Waals surface area contributed by atoms with Gasteiger partial charge in [-0.15, -0.1) is 11.8 Å². The van der Waals surface area contributed by atoms with E-state index in [1.807, 2.05) is 47.2 Å². The van der Waals surface area contributed by atoms with Crippen LogP contribution in [0.2, 0.25) is 0 Å². The molecule has 1 fully saturated rings. The molecular weight excluding hydrogens is 575 g/mol. The van der Waals surface area contributed by atoms with Gasteiger partial charge in [-0.25, -0.2) is 0 Å². The molecule has 2 bridgehead atoms. The third-order valence-corrected chi connectivity index (χ3v) is 9.70. The fourth-order valence-corrected chi connectivity index (χ4v) is 7.39. The van der Waals surface area contributed by atoms with Crippen LogP contribution < -0.4 is 26.4 Å². The van der Waals surface area contributed by atoms with Crippen LogP contribution in [0.5, 0.6) is 0 Å². The molecule has 2 aliphatic heterocycles. The number of nitrogens with one attached hydrogen (secondary N) is 3. The molecule has 1 amide bonds. The summed E-state index contributed by atoms with van der Waals surface area (Å²) in [4.78, 5) is 29.3. The summed E-state index contributed by atoms with van der Waals surface area (Å²) in [6.45, 7) is 3.00. The number of amides is 1. The van der Waals surface area contributed by atoms with Crippen molar-refractivity contribution in [3.05, 3.63) is 93.9 Å². The first-order valence-electron chi connectivity index (χ1n) is 15.2. The number of carbonyl (C=O) groups is 1. The van der Waals surface area contributed by atoms with Gasteiger partial charge < -0.3 is 25.4 Å². The Morgan fingerprint density at radius 1 is 1.02 bits per heavy atom. The molecule has 3 N–H and O–H groups in total. The molecule has 3 aliphatic rings. The molecule has 2 atom stereocenters. The Morgan fingerprint density at radius 3 is 2.74 bits per heavy atom. The van der Waals surface area contributed by atoms with Gasteiger partial charge in [0.05, 0.1) is 11.4 Å². The van der Waals surface area contributed by atoms with Crippen LogP contribution in [0.15, 0.2) is 82.0 Å². The highest BCUT2D eigenvalue weighted by Gasteiger charge is 2.35. The molecule has 43 heavy (non-hydrogen) atoms.